The third kappa shape index (κ3) is 4.79. The number of nitrogens with one attached hydrogen (secondary N) is 1. The number of aromatic nitrogens is 1. The summed E-state index contributed by atoms with van der Waals surface area (Å²) in [6.45, 7) is 4.14. The molecular weight excluding hydrogens is 460 g/mol. The van der Waals surface area contributed by atoms with Crippen LogP contribution in [0.4, 0.5) is 5.13 Å². The molecule has 0 aliphatic carbocycles. The third-order valence-electron chi connectivity index (χ3n) is 5.66. The van der Waals surface area contributed by atoms with Crippen LogP contribution in [0, 0.1) is 13.8 Å². The fourth-order valence-electron chi connectivity index (χ4n) is 3.89. The van der Waals surface area contributed by atoms with Gasteiger partial charge in [-0.1, -0.05) is 66.2 Å². The Morgan fingerprint density at radius 2 is 1.79 bits per heavy atom. The first kappa shape index (κ1) is 22.4. The zero-order valence-electron chi connectivity index (χ0n) is 19.0. The van der Waals surface area contributed by atoms with Gasteiger partial charge in [0.25, 0.3) is 5.91 Å². The van der Waals surface area contributed by atoms with Gasteiger partial charge in [0.05, 0.1) is 5.69 Å². The van der Waals surface area contributed by atoms with E-state index in [1.807, 2.05) is 47.8 Å². The molecule has 2 aromatic heterocycles. The van der Waals surface area contributed by atoms with Crippen molar-refractivity contribution in [2.45, 2.75) is 25.4 Å². The van der Waals surface area contributed by atoms with Crippen LogP contribution in [-0.2, 0) is 11.5 Å². The summed E-state index contributed by atoms with van der Waals surface area (Å²) >= 11 is 3.19. The highest BCUT2D eigenvalue weighted by molar-refractivity contribution is 7.97. The van der Waals surface area contributed by atoms with Crippen molar-refractivity contribution in [1.29, 1.82) is 0 Å². The number of amides is 1. The zero-order chi connectivity index (χ0) is 23.5. The average molecular weight is 485 g/mol. The van der Waals surface area contributed by atoms with Gasteiger partial charge in [-0.3, -0.25) is 10.1 Å². The SMILES string of the molecule is Cc1ccc(C)c(-c2csc(NC(=O)c3oc4ccccc4c3CSCc3ccccc3)n2)c1. The lowest BCUT2D eigenvalue weighted by Crippen LogP contribution is -2.12. The molecule has 170 valence electrons. The van der Waals surface area contributed by atoms with Crippen LogP contribution in [0.3, 0.4) is 0 Å². The summed E-state index contributed by atoms with van der Waals surface area (Å²) in [6, 6.07) is 24.5. The second-order valence-electron chi connectivity index (χ2n) is 8.19. The number of thiazole rings is 1. The molecule has 1 amide bonds. The second kappa shape index (κ2) is 9.87. The largest absolute Gasteiger partial charge is 0.451 e. The van der Waals surface area contributed by atoms with Gasteiger partial charge in [0.2, 0.25) is 0 Å². The van der Waals surface area contributed by atoms with E-state index in [0.29, 0.717) is 16.6 Å². The summed E-state index contributed by atoms with van der Waals surface area (Å²) in [7, 11) is 0. The lowest BCUT2D eigenvalue weighted by Gasteiger charge is -2.05. The van der Waals surface area contributed by atoms with Gasteiger partial charge in [-0.25, -0.2) is 4.98 Å². The van der Waals surface area contributed by atoms with Crippen molar-refractivity contribution >= 4 is 45.1 Å². The van der Waals surface area contributed by atoms with Gasteiger partial charge >= 0.3 is 0 Å². The Balaban J connectivity index is 1.37. The van der Waals surface area contributed by atoms with Crippen molar-refractivity contribution in [3.8, 4) is 11.3 Å². The van der Waals surface area contributed by atoms with E-state index >= 15 is 0 Å². The van der Waals surface area contributed by atoms with E-state index < -0.39 is 0 Å². The molecule has 0 fully saturated rings. The van der Waals surface area contributed by atoms with Gasteiger partial charge in [0, 0.05) is 33.4 Å². The van der Waals surface area contributed by atoms with Crippen LogP contribution >= 0.6 is 23.1 Å². The molecule has 5 rings (SSSR count). The molecule has 2 heterocycles. The van der Waals surface area contributed by atoms with Crippen LogP contribution < -0.4 is 5.32 Å². The fourth-order valence-corrected chi connectivity index (χ4v) is 5.62. The lowest BCUT2D eigenvalue weighted by molar-refractivity contribution is 0.0998. The van der Waals surface area contributed by atoms with E-state index in [1.165, 1.54) is 22.5 Å². The summed E-state index contributed by atoms with van der Waals surface area (Å²) in [5, 5.41) is 6.47. The topological polar surface area (TPSA) is 55.1 Å². The van der Waals surface area contributed by atoms with Crippen molar-refractivity contribution in [1.82, 2.24) is 4.98 Å². The van der Waals surface area contributed by atoms with E-state index in [1.54, 1.807) is 11.8 Å². The number of carbonyl (C=O) groups excluding carboxylic acids is 1. The van der Waals surface area contributed by atoms with Gasteiger partial charge in [-0.05, 0) is 37.1 Å². The highest BCUT2D eigenvalue weighted by atomic mass is 32.2. The van der Waals surface area contributed by atoms with Crippen molar-refractivity contribution in [2.24, 2.45) is 0 Å². The Hall–Kier alpha value is -3.35. The average Bonchev–Trinajstić information content (AvgIpc) is 3.46. The molecule has 6 heteroatoms. The van der Waals surface area contributed by atoms with Crippen molar-refractivity contribution < 1.29 is 9.21 Å². The van der Waals surface area contributed by atoms with Gasteiger partial charge in [0.15, 0.2) is 10.9 Å². The van der Waals surface area contributed by atoms with E-state index in [-0.39, 0.29) is 5.91 Å². The van der Waals surface area contributed by atoms with Crippen molar-refractivity contribution in [2.75, 3.05) is 5.32 Å². The van der Waals surface area contributed by atoms with Crippen LogP contribution in [0.5, 0.6) is 0 Å². The zero-order valence-corrected chi connectivity index (χ0v) is 20.6. The Morgan fingerprint density at radius 1 is 1.00 bits per heavy atom. The fraction of sp³-hybridized carbons (Fsp3) is 0.143. The van der Waals surface area contributed by atoms with Gasteiger partial charge < -0.3 is 4.42 Å². The van der Waals surface area contributed by atoms with Crippen LogP contribution in [0.15, 0.2) is 82.6 Å². The van der Waals surface area contributed by atoms with E-state index in [2.05, 4.69) is 54.5 Å². The molecule has 1 N–H and O–H groups in total. The summed E-state index contributed by atoms with van der Waals surface area (Å²) in [4.78, 5) is 17.9. The molecule has 0 aliphatic rings. The van der Waals surface area contributed by atoms with E-state index in [0.717, 1.165) is 39.1 Å². The maximum atomic E-state index is 13.3. The number of benzene rings is 3. The number of thioether (sulfide) groups is 1. The summed E-state index contributed by atoms with van der Waals surface area (Å²) in [6.07, 6.45) is 0. The molecule has 0 saturated heterocycles. The molecule has 34 heavy (non-hydrogen) atoms. The molecule has 0 spiro atoms. The number of fused-ring (bicyclic) bond motifs is 1. The predicted octanol–water partition coefficient (Wildman–Crippen LogP) is 7.86. The maximum absolute atomic E-state index is 13.3. The lowest BCUT2D eigenvalue weighted by atomic mass is 10.0. The number of hydrogen-bond acceptors (Lipinski definition) is 5. The van der Waals surface area contributed by atoms with Crippen LogP contribution in [0.2, 0.25) is 0 Å². The first-order valence-corrected chi connectivity index (χ1v) is 13.1. The molecule has 0 unspecified atom stereocenters. The summed E-state index contributed by atoms with van der Waals surface area (Å²) in [5.41, 5.74) is 7.18. The standard InChI is InChI=1S/C28H24N2O2S2/c1-18-12-13-19(2)22(14-18)24-17-34-28(29-24)30-27(31)26-23(21-10-6-7-11-25(21)32-26)16-33-15-20-8-4-3-5-9-20/h3-14,17H,15-16H2,1-2H3,(H,29,30,31). The van der Waals surface area contributed by atoms with Gasteiger partial charge in [-0.2, -0.15) is 11.8 Å². The number of carbonyl (C=O) groups is 1. The quantitative estimate of drug-likeness (QED) is 0.255. The third-order valence-corrected chi connectivity index (χ3v) is 7.44. The Labute approximate surface area is 207 Å². The number of nitrogens with zero attached hydrogens (tertiary/aromatic N) is 1. The number of rotatable bonds is 7. The molecule has 0 saturated carbocycles. The monoisotopic (exact) mass is 484 g/mol. The first-order valence-electron chi connectivity index (χ1n) is 11.0. The Morgan fingerprint density at radius 3 is 2.65 bits per heavy atom. The number of anilines is 1. The molecule has 3 aromatic carbocycles. The Kier molecular flexibility index (Phi) is 6.52. The minimum Gasteiger partial charge on any atom is -0.451 e. The minimum absolute atomic E-state index is 0.270. The van der Waals surface area contributed by atoms with E-state index in [9.17, 15) is 4.79 Å². The Bertz CT molecular complexity index is 1450. The molecule has 0 atom stereocenters. The summed E-state index contributed by atoms with van der Waals surface area (Å²) < 4.78 is 6.01. The molecule has 0 bridgehead atoms. The minimum atomic E-state index is -0.270. The van der Waals surface area contributed by atoms with Gasteiger partial charge in [0.1, 0.15) is 5.58 Å². The van der Waals surface area contributed by atoms with Crippen LogP contribution in [-0.4, -0.2) is 10.9 Å². The highest BCUT2D eigenvalue weighted by Gasteiger charge is 2.21. The van der Waals surface area contributed by atoms with Crippen molar-refractivity contribution in [3.63, 3.8) is 0 Å². The van der Waals surface area contributed by atoms with Crippen LogP contribution in [0.25, 0.3) is 22.2 Å². The predicted molar refractivity (Wildman–Crippen MR) is 143 cm³/mol. The highest BCUT2D eigenvalue weighted by Crippen LogP contribution is 2.32. The normalized spacial score (nSPS) is 11.1. The maximum Gasteiger partial charge on any atom is 0.293 e. The molecule has 5 aromatic rings. The second-order valence-corrected chi connectivity index (χ2v) is 10.0. The molecule has 4 nitrogen and oxygen atoms in total. The number of para-hydroxylation sites is 1. The van der Waals surface area contributed by atoms with Crippen LogP contribution in [0.1, 0.15) is 32.8 Å². The number of furan rings is 1. The van der Waals surface area contributed by atoms with Crippen molar-refractivity contribution in [3.05, 3.63) is 106 Å². The molecule has 0 radical (unpaired) electrons. The van der Waals surface area contributed by atoms with Gasteiger partial charge in [-0.15, -0.1) is 11.3 Å². The smallest absolute Gasteiger partial charge is 0.293 e. The number of hydrogen-bond donors (Lipinski definition) is 1. The first-order chi connectivity index (χ1) is 16.6. The number of aryl methyl sites for hydroxylation is 2. The summed E-state index contributed by atoms with van der Waals surface area (Å²) in [5.74, 6) is 1.63. The van der Waals surface area contributed by atoms with E-state index in [4.69, 9.17) is 4.42 Å². The molecule has 0 aliphatic heterocycles. The molecular formula is C28H24N2O2S2.